The Labute approximate surface area is 122 Å². The number of carbonyl (C=O) groups excluding carboxylic acids is 1. The van der Waals surface area contributed by atoms with E-state index in [9.17, 15) is 14.9 Å². The van der Waals surface area contributed by atoms with Crippen molar-refractivity contribution in [1.29, 1.82) is 0 Å². The van der Waals surface area contributed by atoms with Crippen LogP contribution in [-0.4, -0.2) is 23.4 Å². The Morgan fingerprint density at radius 2 is 2.20 bits per heavy atom. The normalized spacial score (nSPS) is 11.9. The highest BCUT2D eigenvalue weighted by molar-refractivity contribution is 6.31. The maximum atomic E-state index is 11.7. The molecular weight excluding hydrogens is 282 g/mol. The summed E-state index contributed by atoms with van der Waals surface area (Å²) >= 11 is 5.98. The van der Waals surface area contributed by atoms with Crippen molar-refractivity contribution in [2.45, 2.75) is 32.9 Å². The number of nitro groups is 1. The average Bonchev–Trinajstić information content (AvgIpc) is 2.42. The molecular formula is C13H18ClN3O3. The van der Waals surface area contributed by atoms with Crippen LogP contribution in [0.5, 0.6) is 0 Å². The van der Waals surface area contributed by atoms with Crippen LogP contribution in [0.2, 0.25) is 5.02 Å². The highest BCUT2D eigenvalue weighted by Gasteiger charge is 2.18. The van der Waals surface area contributed by atoms with E-state index in [1.807, 2.05) is 6.92 Å². The minimum absolute atomic E-state index is 0.0498. The molecule has 0 heterocycles. The molecule has 0 aromatic heterocycles. The predicted octanol–water partition coefficient (Wildman–Crippen LogP) is 2.25. The van der Waals surface area contributed by atoms with E-state index < -0.39 is 11.0 Å². The van der Waals surface area contributed by atoms with Gasteiger partial charge in [0.1, 0.15) is 0 Å². The standard InChI is InChI=1S/C13H18ClN3O3/c1-3-7-15-13(18)9(2)16-8-10-11(14)5-4-6-12(10)17(19)20/h4-6,9,16H,3,7-8H2,1-2H3,(H,15,18). The molecule has 0 saturated heterocycles. The first-order valence-corrected chi connectivity index (χ1v) is 6.78. The Hall–Kier alpha value is -1.66. The third-order valence-electron chi connectivity index (χ3n) is 2.82. The van der Waals surface area contributed by atoms with Crippen LogP contribution in [-0.2, 0) is 11.3 Å². The van der Waals surface area contributed by atoms with Gasteiger partial charge in [0.25, 0.3) is 5.69 Å². The Kier molecular flexibility index (Phi) is 6.41. The maximum absolute atomic E-state index is 11.7. The molecule has 110 valence electrons. The quantitative estimate of drug-likeness (QED) is 0.597. The summed E-state index contributed by atoms with van der Waals surface area (Å²) in [4.78, 5) is 22.1. The molecule has 0 radical (unpaired) electrons. The molecule has 6 nitrogen and oxygen atoms in total. The summed E-state index contributed by atoms with van der Waals surface area (Å²) in [6.45, 7) is 4.44. The molecule has 0 saturated carbocycles. The summed E-state index contributed by atoms with van der Waals surface area (Å²) < 4.78 is 0. The number of hydrogen-bond donors (Lipinski definition) is 2. The number of benzene rings is 1. The van der Waals surface area contributed by atoms with E-state index in [0.717, 1.165) is 6.42 Å². The summed E-state index contributed by atoms with van der Waals surface area (Å²) in [5, 5.41) is 16.9. The Balaban J connectivity index is 2.70. The largest absolute Gasteiger partial charge is 0.355 e. The highest BCUT2D eigenvalue weighted by atomic mass is 35.5. The van der Waals surface area contributed by atoms with E-state index >= 15 is 0 Å². The molecule has 0 aliphatic rings. The summed E-state index contributed by atoms with van der Waals surface area (Å²) in [7, 11) is 0. The molecule has 0 spiro atoms. The molecule has 1 amide bonds. The fourth-order valence-corrected chi connectivity index (χ4v) is 1.88. The Morgan fingerprint density at radius 1 is 1.50 bits per heavy atom. The van der Waals surface area contributed by atoms with Gasteiger partial charge in [-0.05, 0) is 19.4 Å². The van der Waals surface area contributed by atoms with Crippen LogP contribution >= 0.6 is 11.6 Å². The third kappa shape index (κ3) is 4.47. The lowest BCUT2D eigenvalue weighted by molar-refractivity contribution is -0.385. The van der Waals surface area contributed by atoms with Gasteiger partial charge >= 0.3 is 0 Å². The first-order valence-electron chi connectivity index (χ1n) is 6.40. The van der Waals surface area contributed by atoms with Crippen molar-refractivity contribution in [3.8, 4) is 0 Å². The van der Waals surface area contributed by atoms with Gasteiger partial charge in [-0.15, -0.1) is 0 Å². The lowest BCUT2D eigenvalue weighted by atomic mass is 10.1. The van der Waals surface area contributed by atoms with Crippen molar-refractivity contribution < 1.29 is 9.72 Å². The molecule has 0 aliphatic heterocycles. The number of amides is 1. The van der Waals surface area contributed by atoms with Crippen molar-refractivity contribution in [2.24, 2.45) is 0 Å². The van der Waals surface area contributed by atoms with Crippen molar-refractivity contribution in [3.63, 3.8) is 0 Å². The summed E-state index contributed by atoms with van der Waals surface area (Å²) in [5.41, 5.74) is 0.334. The predicted molar refractivity (Wildman–Crippen MR) is 77.7 cm³/mol. The van der Waals surface area contributed by atoms with Crippen LogP contribution in [0.1, 0.15) is 25.8 Å². The van der Waals surface area contributed by atoms with Gasteiger partial charge in [-0.25, -0.2) is 0 Å². The monoisotopic (exact) mass is 299 g/mol. The first-order chi connectivity index (χ1) is 9.47. The van der Waals surface area contributed by atoms with Crippen LogP contribution in [0.4, 0.5) is 5.69 Å². The van der Waals surface area contributed by atoms with Crippen LogP contribution in [0.3, 0.4) is 0 Å². The van der Waals surface area contributed by atoms with Gasteiger partial charge in [0.05, 0.1) is 21.6 Å². The summed E-state index contributed by atoms with van der Waals surface area (Å²) in [5.74, 6) is -0.137. The molecule has 1 unspecified atom stereocenters. The number of nitrogens with one attached hydrogen (secondary N) is 2. The molecule has 20 heavy (non-hydrogen) atoms. The second kappa shape index (κ2) is 7.81. The van der Waals surface area contributed by atoms with Crippen LogP contribution < -0.4 is 10.6 Å². The zero-order valence-electron chi connectivity index (χ0n) is 11.5. The van der Waals surface area contributed by atoms with Gasteiger partial charge in [-0.2, -0.15) is 0 Å². The van der Waals surface area contributed by atoms with Gasteiger partial charge in [0.2, 0.25) is 5.91 Å². The zero-order valence-corrected chi connectivity index (χ0v) is 12.2. The fraction of sp³-hybridized carbons (Fsp3) is 0.462. The molecule has 7 heteroatoms. The summed E-state index contributed by atoms with van der Waals surface area (Å²) in [6.07, 6.45) is 0.856. The van der Waals surface area contributed by atoms with E-state index in [2.05, 4.69) is 10.6 Å². The second-order valence-electron chi connectivity index (χ2n) is 4.39. The molecule has 0 fully saturated rings. The number of rotatable bonds is 7. The van der Waals surface area contributed by atoms with Gasteiger partial charge < -0.3 is 10.6 Å². The number of halogens is 1. The van der Waals surface area contributed by atoms with Gasteiger partial charge in [-0.3, -0.25) is 14.9 Å². The minimum Gasteiger partial charge on any atom is -0.355 e. The van der Waals surface area contributed by atoms with E-state index in [4.69, 9.17) is 11.6 Å². The number of carbonyl (C=O) groups is 1. The van der Waals surface area contributed by atoms with E-state index in [-0.39, 0.29) is 18.1 Å². The SMILES string of the molecule is CCCNC(=O)C(C)NCc1c(Cl)cccc1[N+](=O)[O-]. The average molecular weight is 300 g/mol. The fourth-order valence-electron chi connectivity index (χ4n) is 1.64. The lowest BCUT2D eigenvalue weighted by Gasteiger charge is -2.14. The smallest absolute Gasteiger partial charge is 0.275 e. The highest BCUT2D eigenvalue weighted by Crippen LogP contribution is 2.25. The molecule has 2 N–H and O–H groups in total. The molecule has 1 rings (SSSR count). The van der Waals surface area contributed by atoms with E-state index in [0.29, 0.717) is 17.1 Å². The summed E-state index contributed by atoms with van der Waals surface area (Å²) in [6, 6.07) is 4.07. The van der Waals surface area contributed by atoms with E-state index in [1.54, 1.807) is 13.0 Å². The van der Waals surface area contributed by atoms with Gasteiger partial charge in [0.15, 0.2) is 0 Å². The van der Waals surface area contributed by atoms with Crippen molar-refractivity contribution in [1.82, 2.24) is 10.6 Å². The first kappa shape index (κ1) is 16.4. The number of hydrogen-bond acceptors (Lipinski definition) is 4. The van der Waals surface area contributed by atoms with E-state index in [1.165, 1.54) is 12.1 Å². The molecule has 1 aromatic carbocycles. The van der Waals surface area contributed by atoms with Crippen molar-refractivity contribution in [2.75, 3.05) is 6.54 Å². The van der Waals surface area contributed by atoms with Crippen LogP contribution in [0, 0.1) is 10.1 Å². The topological polar surface area (TPSA) is 84.3 Å². The van der Waals surface area contributed by atoms with Gasteiger partial charge in [-0.1, -0.05) is 24.6 Å². The van der Waals surface area contributed by atoms with Gasteiger partial charge in [0, 0.05) is 19.2 Å². The zero-order chi connectivity index (χ0) is 15.1. The van der Waals surface area contributed by atoms with Crippen LogP contribution in [0.25, 0.3) is 0 Å². The lowest BCUT2D eigenvalue weighted by Crippen LogP contribution is -2.42. The van der Waals surface area contributed by atoms with Crippen molar-refractivity contribution >= 4 is 23.2 Å². The molecule has 0 aliphatic carbocycles. The molecule has 1 atom stereocenters. The molecule has 1 aromatic rings. The number of nitro benzene ring substituents is 1. The Morgan fingerprint density at radius 3 is 2.80 bits per heavy atom. The second-order valence-corrected chi connectivity index (χ2v) is 4.80. The number of nitrogens with zero attached hydrogens (tertiary/aromatic N) is 1. The Bertz CT molecular complexity index is 494. The molecule has 0 bridgehead atoms. The maximum Gasteiger partial charge on any atom is 0.275 e. The third-order valence-corrected chi connectivity index (χ3v) is 3.17. The minimum atomic E-state index is -0.481. The van der Waals surface area contributed by atoms with Crippen LogP contribution in [0.15, 0.2) is 18.2 Å². The van der Waals surface area contributed by atoms with Crippen molar-refractivity contribution in [3.05, 3.63) is 38.9 Å².